The van der Waals surface area contributed by atoms with Gasteiger partial charge in [-0.25, -0.2) is 5.06 Å². The summed E-state index contributed by atoms with van der Waals surface area (Å²) in [6, 6.07) is 26.9. The molecule has 1 N–H and O–H groups in total. The summed E-state index contributed by atoms with van der Waals surface area (Å²) < 4.78 is 17.8. The average Bonchev–Trinajstić information content (AvgIpc) is 2.85. The third-order valence-electron chi connectivity index (χ3n) is 4.69. The van der Waals surface area contributed by atoms with E-state index in [1.807, 2.05) is 30.3 Å². The predicted molar refractivity (Wildman–Crippen MR) is 119 cm³/mol. The van der Waals surface area contributed by atoms with Gasteiger partial charge in [-0.1, -0.05) is 54.6 Å². The third-order valence-corrected chi connectivity index (χ3v) is 4.69. The fraction of sp³-hybridized carbons (Fsp3) is 0.240. The maximum atomic E-state index is 13.1. The Morgan fingerprint density at radius 1 is 0.812 bits per heavy atom. The zero-order chi connectivity index (χ0) is 22.8. The highest BCUT2D eigenvalue weighted by molar-refractivity contribution is 5.81. The molecule has 0 spiro atoms. The van der Waals surface area contributed by atoms with Crippen molar-refractivity contribution in [2.75, 3.05) is 20.8 Å². The summed E-state index contributed by atoms with van der Waals surface area (Å²) in [6.07, 6.45) is -3.50. The van der Waals surface area contributed by atoms with Gasteiger partial charge in [0.1, 0.15) is 30.0 Å². The lowest BCUT2D eigenvalue weighted by atomic mass is 10.1. The number of hydrogen-bond donors (Lipinski definition) is 1. The molecule has 3 aromatic carbocycles. The van der Waals surface area contributed by atoms with E-state index in [1.165, 1.54) is 14.2 Å². The van der Waals surface area contributed by atoms with Gasteiger partial charge in [-0.2, -0.15) is 0 Å². The van der Waals surface area contributed by atoms with Gasteiger partial charge in [0.2, 0.25) is 6.10 Å². The van der Waals surface area contributed by atoms with Crippen LogP contribution in [0.25, 0.3) is 0 Å². The summed E-state index contributed by atoms with van der Waals surface area (Å²) in [5.41, 5.74) is 0. The Hall–Kier alpha value is -3.55. The third kappa shape index (κ3) is 6.47. The van der Waals surface area contributed by atoms with Crippen molar-refractivity contribution in [3.63, 3.8) is 0 Å². The molecule has 7 heteroatoms. The normalized spacial score (nSPS) is 13.5. The highest BCUT2D eigenvalue weighted by Gasteiger charge is 2.40. The number of aliphatic hydroxyl groups is 1. The SMILES string of the molecule is CON(C)C(=O)[C@H](Oc1ccccc1)[C@H](Oc1ccccc1)[C@H](O)COc1ccccc1. The van der Waals surface area contributed by atoms with Gasteiger partial charge in [-0.15, -0.1) is 0 Å². The van der Waals surface area contributed by atoms with Gasteiger partial charge in [0.15, 0.2) is 6.10 Å². The zero-order valence-corrected chi connectivity index (χ0v) is 18.0. The first-order valence-corrected chi connectivity index (χ1v) is 10.2. The zero-order valence-electron chi connectivity index (χ0n) is 18.0. The molecule has 0 aliphatic heterocycles. The number of likely N-dealkylation sites (N-methyl/N-ethyl adjacent to an activating group) is 1. The number of benzene rings is 3. The van der Waals surface area contributed by atoms with Crippen LogP contribution in [0.2, 0.25) is 0 Å². The van der Waals surface area contributed by atoms with Crippen LogP contribution in [0.15, 0.2) is 91.0 Å². The van der Waals surface area contributed by atoms with Gasteiger partial charge < -0.3 is 19.3 Å². The van der Waals surface area contributed by atoms with E-state index in [0.717, 1.165) is 5.06 Å². The molecule has 3 rings (SSSR count). The average molecular weight is 437 g/mol. The second kappa shape index (κ2) is 11.7. The topological polar surface area (TPSA) is 77.5 Å². The van der Waals surface area contributed by atoms with E-state index in [0.29, 0.717) is 17.2 Å². The van der Waals surface area contributed by atoms with Crippen molar-refractivity contribution in [2.45, 2.75) is 18.3 Å². The van der Waals surface area contributed by atoms with E-state index in [9.17, 15) is 9.90 Å². The summed E-state index contributed by atoms with van der Waals surface area (Å²) in [6.45, 7) is -0.111. The molecule has 1 amide bonds. The predicted octanol–water partition coefficient (Wildman–Crippen LogP) is 3.34. The molecule has 0 bridgehead atoms. The van der Waals surface area contributed by atoms with Gasteiger partial charge >= 0.3 is 0 Å². The number of carbonyl (C=O) groups excluding carboxylic acids is 1. The number of carbonyl (C=O) groups is 1. The van der Waals surface area contributed by atoms with E-state index < -0.39 is 24.2 Å². The molecule has 0 fully saturated rings. The van der Waals surface area contributed by atoms with Gasteiger partial charge in [0.05, 0.1) is 7.11 Å². The first-order chi connectivity index (χ1) is 15.6. The summed E-state index contributed by atoms with van der Waals surface area (Å²) in [5.74, 6) is 1.00. The molecule has 0 saturated carbocycles. The van der Waals surface area contributed by atoms with Crippen molar-refractivity contribution in [1.82, 2.24) is 5.06 Å². The summed E-state index contributed by atoms with van der Waals surface area (Å²) in [5, 5.41) is 12.1. The van der Waals surface area contributed by atoms with Crippen molar-refractivity contribution in [1.29, 1.82) is 0 Å². The fourth-order valence-corrected chi connectivity index (χ4v) is 2.96. The van der Waals surface area contributed by atoms with Crippen LogP contribution in [-0.4, -0.2) is 55.2 Å². The highest BCUT2D eigenvalue weighted by Crippen LogP contribution is 2.22. The van der Waals surface area contributed by atoms with Crippen LogP contribution in [0, 0.1) is 0 Å². The molecule has 0 unspecified atom stereocenters. The van der Waals surface area contributed by atoms with E-state index in [-0.39, 0.29) is 6.61 Å². The van der Waals surface area contributed by atoms with Crippen LogP contribution in [0.1, 0.15) is 0 Å². The van der Waals surface area contributed by atoms with E-state index in [4.69, 9.17) is 19.0 Å². The quantitative estimate of drug-likeness (QED) is 0.464. The number of nitrogens with zero attached hydrogens (tertiary/aromatic N) is 1. The minimum Gasteiger partial charge on any atom is -0.491 e. The lowest BCUT2D eigenvalue weighted by Gasteiger charge is -2.32. The van der Waals surface area contributed by atoms with Crippen LogP contribution in [0.5, 0.6) is 17.2 Å². The maximum Gasteiger partial charge on any atom is 0.290 e. The molecule has 168 valence electrons. The minimum atomic E-state index is -1.21. The molecular weight excluding hydrogens is 410 g/mol. The van der Waals surface area contributed by atoms with Gasteiger partial charge in [-0.3, -0.25) is 9.63 Å². The fourth-order valence-electron chi connectivity index (χ4n) is 2.96. The second-order valence-electron chi connectivity index (χ2n) is 6.96. The molecular formula is C25H27NO6. The molecule has 32 heavy (non-hydrogen) atoms. The van der Waals surface area contributed by atoms with Crippen LogP contribution in [0.3, 0.4) is 0 Å². The van der Waals surface area contributed by atoms with Crippen molar-refractivity contribution < 1.29 is 28.9 Å². The molecule has 7 nitrogen and oxygen atoms in total. The van der Waals surface area contributed by atoms with Crippen LogP contribution >= 0.6 is 0 Å². The van der Waals surface area contributed by atoms with Crippen molar-refractivity contribution in [3.8, 4) is 17.2 Å². The molecule has 0 aliphatic carbocycles. The van der Waals surface area contributed by atoms with Gasteiger partial charge in [0, 0.05) is 7.05 Å². The largest absolute Gasteiger partial charge is 0.491 e. The Bertz CT molecular complexity index is 938. The number of hydrogen-bond acceptors (Lipinski definition) is 6. The molecule has 0 aromatic heterocycles. The van der Waals surface area contributed by atoms with E-state index in [1.54, 1.807) is 60.7 Å². The minimum absolute atomic E-state index is 0.111. The molecule has 0 radical (unpaired) electrons. The first kappa shape index (κ1) is 23.1. The van der Waals surface area contributed by atoms with Crippen LogP contribution in [0.4, 0.5) is 0 Å². The second-order valence-corrected chi connectivity index (χ2v) is 6.96. The highest BCUT2D eigenvalue weighted by atomic mass is 16.7. The number of amides is 1. The van der Waals surface area contributed by atoms with Crippen LogP contribution < -0.4 is 14.2 Å². The molecule has 0 aliphatic rings. The smallest absolute Gasteiger partial charge is 0.290 e. The van der Waals surface area contributed by atoms with E-state index >= 15 is 0 Å². The number of para-hydroxylation sites is 3. The summed E-state index contributed by atoms with van der Waals surface area (Å²) in [4.78, 5) is 18.2. The Morgan fingerprint density at radius 2 is 1.28 bits per heavy atom. The number of hydroxylamine groups is 2. The summed E-state index contributed by atoms with van der Waals surface area (Å²) in [7, 11) is 2.84. The monoisotopic (exact) mass is 437 g/mol. The summed E-state index contributed by atoms with van der Waals surface area (Å²) >= 11 is 0. The van der Waals surface area contributed by atoms with Crippen molar-refractivity contribution in [2.24, 2.45) is 0 Å². The van der Waals surface area contributed by atoms with Crippen molar-refractivity contribution >= 4 is 5.91 Å². The Labute approximate surface area is 187 Å². The number of rotatable bonds is 11. The Kier molecular flexibility index (Phi) is 8.48. The number of aliphatic hydroxyl groups excluding tert-OH is 1. The molecule has 0 heterocycles. The molecule has 3 atom stereocenters. The van der Waals surface area contributed by atoms with Gasteiger partial charge in [-0.05, 0) is 36.4 Å². The van der Waals surface area contributed by atoms with Crippen molar-refractivity contribution in [3.05, 3.63) is 91.0 Å². The maximum absolute atomic E-state index is 13.1. The Balaban J connectivity index is 1.88. The lowest BCUT2D eigenvalue weighted by Crippen LogP contribution is -2.54. The molecule has 0 saturated heterocycles. The lowest BCUT2D eigenvalue weighted by molar-refractivity contribution is -0.183. The van der Waals surface area contributed by atoms with E-state index in [2.05, 4.69) is 0 Å². The Morgan fingerprint density at radius 3 is 1.78 bits per heavy atom. The van der Waals surface area contributed by atoms with Gasteiger partial charge in [0.25, 0.3) is 5.91 Å². The first-order valence-electron chi connectivity index (χ1n) is 10.2. The molecule has 3 aromatic rings. The standard InChI is InChI=1S/C25H27NO6/c1-26(29-2)25(28)24(32-21-16-10-5-11-17-21)23(31-20-14-8-4-9-15-20)22(27)18-30-19-12-6-3-7-13-19/h3-17,22-24,27H,18H2,1-2H3/t22-,23-,24-/m1/s1. The number of ether oxygens (including phenoxy) is 3. The van der Waals surface area contributed by atoms with Crippen LogP contribution in [-0.2, 0) is 9.63 Å².